The summed E-state index contributed by atoms with van der Waals surface area (Å²) in [7, 11) is 4.13. The van der Waals surface area contributed by atoms with Crippen molar-refractivity contribution < 1.29 is 9.53 Å². The first kappa shape index (κ1) is 21.0. The van der Waals surface area contributed by atoms with Gasteiger partial charge < -0.3 is 15.0 Å². The molecule has 1 N–H and O–H groups in total. The van der Waals surface area contributed by atoms with Crippen molar-refractivity contribution in [2.24, 2.45) is 0 Å². The smallest absolute Gasteiger partial charge is 0.230 e. The molecule has 0 radical (unpaired) electrons. The standard InChI is InChI=1S/C23H27N3O2S/c1-4-28-21-11-7-18(8-12-21)23-25-20(16-29-23)15-22(27)24-19-9-5-17(6-10-19)13-14-26(2)3/h5-12,16H,4,13-15H2,1-3H3,(H,24,27). The Hall–Kier alpha value is -2.70. The Morgan fingerprint density at radius 1 is 1.10 bits per heavy atom. The van der Waals surface area contributed by atoms with Gasteiger partial charge in [0.15, 0.2) is 0 Å². The van der Waals surface area contributed by atoms with Crippen LogP contribution in [0.4, 0.5) is 5.69 Å². The van der Waals surface area contributed by atoms with Crippen molar-refractivity contribution in [1.29, 1.82) is 0 Å². The maximum atomic E-state index is 12.4. The van der Waals surface area contributed by atoms with Crippen molar-refractivity contribution >= 4 is 22.9 Å². The van der Waals surface area contributed by atoms with Crippen LogP contribution in [0.2, 0.25) is 0 Å². The maximum Gasteiger partial charge on any atom is 0.230 e. The van der Waals surface area contributed by atoms with Gasteiger partial charge in [-0.3, -0.25) is 4.79 Å². The van der Waals surface area contributed by atoms with Crippen LogP contribution < -0.4 is 10.1 Å². The van der Waals surface area contributed by atoms with Crippen molar-refractivity contribution in [3.05, 3.63) is 65.2 Å². The fourth-order valence-electron chi connectivity index (χ4n) is 2.86. The van der Waals surface area contributed by atoms with Gasteiger partial charge in [-0.25, -0.2) is 4.98 Å². The van der Waals surface area contributed by atoms with Crippen LogP contribution in [0.5, 0.6) is 5.75 Å². The van der Waals surface area contributed by atoms with Crippen LogP contribution in [-0.4, -0.2) is 43.0 Å². The Labute approximate surface area is 176 Å². The zero-order chi connectivity index (χ0) is 20.6. The van der Waals surface area contributed by atoms with Crippen molar-refractivity contribution in [3.63, 3.8) is 0 Å². The van der Waals surface area contributed by atoms with Crippen molar-refractivity contribution in [2.45, 2.75) is 19.8 Å². The molecule has 0 aliphatic carbocycles. The number of carbonyl (C=O) groups excluding carboxylic acids is 1. The first-order valence-corrected chi connectivity index (χ1v) is 10.6. The number of thiazole rings is 1. The molecule has 1 aromatic heterocycles. The predicted octanol–water partition coefficient (Wildman–Crippen LogP) is 4.49. The van der Waals surface area contributed by atoms with E-state index in [2.05, 4.69) is 41.4 Å². The second-order valence-corrected chi connectivity index (χ2v) is 7.93. The summed E-state index contributed by atoms with van der Waals surface area (Å²) >= 11 is 1.54. The third-order valence-electron chi connectivity index (χ3n) is 4.39. The lowest BCUT2D eigenvalue weighted by molar-refractivity contribution is -0.115. The molecular weight excluding hydrogens is 382 g/mol. The Morgan fingerprint density at radius 3 is 2.48 bits per heavy atom. The van der Waals surface area contributed by atoms with E-state index >= 15 is 0 Å². The van der Waals surface area contributed by atoms with Gasteiger partial charge in [-0.1, -0.05) is 12.1 Å². The quantitative estimate of drug-likeness (QED) is 0.566. The van der Waals surface area contributed by atoms with Crippen molar-refractivity contribution in [3.8, 4) is 16.3 Å². The third-order valence-corrected chi connectivity index (χ3v) is 5.33. The van der Waals surface area contributed by atoms with Gasteiger partial charge in [0.1, 0.15) is 10.8 Å². The molecule has 29 heavy (non-hydrogen) atoms. The highest BCUT2D eigenvalue weighted by molar-refractivity contribution is 7.13. The van der Waals surface area contributed by atoms with Gasteiger partial charge in [0.2, 0.25) is 5.91 Å². The Morgan fingerprint density at radius 2 is 1.83 bits per heavy atom. The molecule has 0 aliphatic heterocycles. The van der Waals surface area contributed by atoms with E-state index in [1.165, 1.54) is 5.56 Å². The van der Waals surface area contributed by atoms with Gasteiger partial charge in [-0.05, 0) is 69.4 Å². The van der Waals surface area contributed by atoms with E-state index in [0.717, 1.165) is 40.7 Å². The first-order chi connectivity index (χ1) is 14.0. The molecule has 1 amide bonds. The number of likely N-dealkylation sites (N-methyl/N-ethyl adjacent to an activating group) is 1. The second-order valence-electron chi connectivity index (χ2n) is 7.08. The molecule has 3 aromatic rings. The number of hydrogen-bond acceptors (Lipinski definition) is 5. The number of anilines is 1. The Kier molecular flexibility index (Phi) is 7.38. The predicted molar refractivity (Wildman–Crippen MR) is 120 cm³/mol. The minimum atomic E-state index is -0.0606. The van der Waals surface area contributed by atoms with Crippen molar-refractivity contribution in [1.82, 2.24) is 9.88 Å². The summed E-state index contributed by atoms with van der Waals surface area (Å²) in [6, 6.07) is 15.9. The lowest BCUT2D eigenvalue weighted by Crippen LogP contribution is -2.15. The minimum absolute atomic E-state index is 0.0606. The largest absolute Gasteiger partial charge is 0.494 e. The van der Waals surface area contributed by atoms with Crippen molar-refractivity contribution in [2.75, 3.05) is 32.6 Å². The number of nitrogens with one attached hydrogen (secondary N) is 1. The molecule has 2 aromatic carbocycles. The number of hydrogen-bond donors (Lipinski definition) is 1. The molecule has 5 nitrogen and oxygen atoms in total. The molecule has 6 heteroatoms. The van der Waals surface area contributed by atoms with Crippen LogP contribution in [0.15, 0.2) is 53.9 Å². The van der Waals surface area contributed by atoms with Gasteiger partial charge in [0.05, 0.1) is 18.7 Å². The fraction of sp³-hybridized carbons (Fsp3) is 0.304. The maximum absolute atomic E-state index is 12.4. The summed E-state index contributed by atoms with van der Waals surface area (Å²) in [5, 5.41) is 5.80. The zero-order valence-corrected chi connectivity index (χ0v) is 18.0. The monoisotopic (exact) mass is 409 g/mol. The number of nitrogens with zero attached hydrogens (tertiary/aromatic N) is 2. The highest BCUT2D eigenvalue weighted by Crippen LogP contribution is 2.26. The molecule has 0 saturated carbocycles. The molecule has 0 spiro atoms. The van der Waals surface area contributed by atoms with E-state index in [1.54, 1.807) is 11.3 Å². The molecule has 0 fully saturated rings. The molecule has 0 unspecified atom stereocenters. The molecule has 0 aliphatic rings. The second kappa shape index (κ2) is 10.2. The number of benzene rings is 2. The average molecular weight is 410 g/mol. The lowest BCUT2D eigenvalue weighted by Gasteiger charge is -2.10. The van der Waals surface area contributed by atoms with Crippen LogP contribution >= 0.6 is 11.3 Å². The van der Waals surface area contributed by atoms with Gasteiger partial charge >= 0.3 is 0 Å². The van der Waals surface area contributed by atoms with E-state index < -0.39 is 0 Å². The summed E-state index contributed by atoms with van der Waals surface area (Å²) in [4.78, 5) is 19.1. The van der Waals surface area contributed by atoms with Gasteiger partial charge in [0.25, 0.3) is 0 Å². The molecule has 0 bridgehead atoms. The number of ether oxygens (including phenoxy) is 1. The molecule has 152 valence electrons. The number of aromatic nitrogens is 1. The van der Waals surface area contributed by atoms with Gasteiger partial charge in [0, 0.05) is 23.2 Å². The van der Waals surface area contributed by atoms with E-state index in [0.29, 0.717) is 6.61 Å². The third kappa shape index (κ3) is 6.41. The molecular formula is C23H27N3O2S. The van der Waals surface area contributed by atoms with Gasteiger partial charge in [-0.2, -0.15) is 0 Å². The normalized spacial score (nSPS) is 10.9. The summed E-state index contributed by atoms with van der Waals surface area (Å²) in [6.07, 6.45) is 1.25. The van der Waals surface area contributed by atoms with Crippen LogP contribution in [0.25, 0.3) is 10.6 Å². The Bertz CT molecular complexity index is 918. The molecule has 0 saturated heterocycles. The van der Waals surface area contributed by atoms with E-state index in [9.17, 15) is 4.79 Å². The summed E-state index contributed by atoms with van der Waals surface area (Å²) in [6.45, 7) is 3.62. The highest BCUT2D eigenvalue weighted by Gasteiger charge is 2.10. The number of rotatable bonds is 9. The topological polar surface area (TPSA) is 54.5 Å². The van der Waals surface area contributed by atoms with E-state index in [1.807, 2.05) is 48.7 Å². The van der Waals surface area contributed by atoms with E-state index in [4.69, 9.17) is 4.74 Å². The van der Waals surface area contributed by atoms with E-state index in [-0.39, 0.29) is 12.3 Å². The summed E-state index contributed by atoms with van der Waals surface area (Å²) in [5.41, 5.74) is 3.87. The highest BCUT2D eigenvalue weighted by atomic mass is 32.1. The molecule has 3 rings (SSSR count). The number of amides is 1. The van der Waals surface area contributed by atoms with Crippen LogP contribution in [0.3, 0.4) is 0 Å². The molecule has 0 atom stereocenters. The lowest BCUT2D eigenvalue weighted by atomic mass is 10.1. The van der Waals surface area contributed by atoms with Gasteiger partial charge in [-0.15, -0.1) is 11.3 Å². The van der Waals surface area contributed by atoms with Crippen LogP contribution in [0, 0.1) is 0 Å². The first-order valence-electron chi connectivity index (χ1n) is 9.74. The Balaban J connectivity index is 1.54. The van der Waals surface area contributed by atoms with Crippen LogP contribution in [-0.2, 0) is 17.6 Å². The average Bonchev–Trinajstić information content (AvgIpc) is 3.16. The minimum Gasteiger partial charge on any atom is -0.494 e. The zero-order valence-electron chi connectivity index (χ0n) is 17.1. The SMILES string of the molecule is CCOc1ccc(-c2nc(CC(=O)Nc3ccc(CCN(C)C)cc3)cs2)cc1. The summed E-state index contributed by atoms with van der Waals surface area (Å²) < 4.78 is 5.47. The molecule has 1 heterocycles. The summed E-state index contributed by atoms with van der Waals surface area (Å²) in [5.74, 6) is 0.787. The van der Waals surface area contributed by atoms with Crippen LogP contribution in [0.1, 0.15) is 18.2 Å². The fourth-order valence-corrected chi connectivity index (χ4v) is 3.68. The number of carbonyl (C=O) groups is 1.